The predicted molar refractivity (Wildman–Crippen MR) is 152 cm³/mol. The van der Waals surface area contributed by atoms with Crippen LogP contribution in [0.4, 0.5) is 0 Å². The number of rotatable bonds is 8. The third-order valence-corrected chi connectivity index (χ3v) is 10.7. The third-order valence-electron chi connectivity index (χ3n) is 7.44. The quantitative estimate of drug-likeness (QED) is 0.102. The number of fused-ring (bicyclic) bond motifs is 2. The largest absolute Gasteiger partial charge is 0.165 e. The van der Waals surface area contributed by atoms with E-state index in [2.05, 4.69) is 81.4 Å². The van der Waals surface area contributed by atoms with Crippen molar-refractivity contribution >= 4 is 27.8 Å². The van der Waals surface area contributed by atoms with Gasteiger partial charge >= 0.3 is 61.4 Å². The summed E-state index contributed by atoms with van der Waals surface area (Å²) in [4.78, 5) is 0. The average Bonchev–Trinajstić information content (AvgIpc) is 3.82. The molecule has 4 aromatic rings. The van der Waals surface area contributed by atoms with Crippen LogP contribution in [0.1, 0.15) is 99.8 Å². The van der Waals surface area contributed by atoms with Crippen molar-refractivity contribution in [2.75, 3.05) is 0 Å². The molecule has 1 radical (unpaired) electrons. The summed E-state index contributed by atoms with van der Waals surface area (Å²) in [5, 5.41) is 5.89. The minimum absolute atomic E-state index is 0.866. The summed E-state index contributed by atoms with van der Waals surface area (Å²) in [5.41, 5.74) is 6.13. The van der Waals surface area contributed by atoms with Crippen LogP contribution < -0.4 is 0 Å². The van der Waals surface area contributed by atoms with Gasteiger partial charge in [0.25, 0.3) is 0 Å². The van der Waals surface area contributed by atoms with Gasteiger partial charge in [0.1, 0.15) is 0 Å². The Labute approximate surface area is 229 Å². The normalized spacial score (nSPS) is 14.9. The second kappa shape index (κ2) is 13.3. The van der Waals surface area contributed by atoms with Crippen LogP contribution in [0.25, 0.3) is 21.5 Å². The van der Waals surface area contributed by atoms with Gasteiger partial charge in [-0.15, -0.1) is 69.1 Å². The van der Waals surface area contributed by atoms with E-state index in [4.69, 9.17) is 0 Å². The zero-order chi connectivity index (χ0) is 24.6. The van der Waals surface area contributed by atoms with Crippen LogP contribution in [0.5, 0.6) is 0 Å². The van der Waals surface area contributed by atoms with Crippen molar-refractivity contribution in [1.29, 1.82) is 0 Å². The molecule has 2 fully saturated rings. The Morgan fingerprint density at radius 3 is 1.60 bits per heavy atom. The average molecular weight is 644 g/mol. The van der Waals surface area contributed by atoms with Gasteiger partial charge in [0.05, 0.1) is 0 Å². The van der Waals surface area contributed by atoms with Crippen molar-refractivity contribution in [3.05, 3.63) is 82.9 Å². The fourth-order valence-corrected chi connectivity index (χ4v) is 7.35. The van der Waals surface area contributed by atoms with Crippen molar-refractivity contribution < 1.29 is 23.0 Å². The van der Waals surface area contributed by atoms with Crippen LogP contribution in [0.3, 0.4) is 0 Å². The van der Waals surface area contributed by atoms with Crippen molar-refractivity contribution in [3.63, 3.8) is 0 Å². The molecule has 0 N–H and O–H groups in total. The molecule has 0 nitrogen and oxygen atoms in total. The Hall–Kier alpha value is -1.25. The fraction of sp³-hybridized carbons (Fsp3) is 0.455. The smallest absolute Gasteiger partial charge is 0.0251 e. The van der Waals surface area contributed by atoms with E-state index < -0.39 is 0 Å². The first-order valence-electron chi connectivity index (χ1n) is 13.9. The molecular weight excluding hydrogens is 603 g/mol. The van der Waals surface area contributed by atoms with E-state index in [0.717, 1.165) is 24.7 Å². The first-order valence-corrected chi connectivity index (χ1v) is 20.5. The first kappa shape index (κ1) is 26.8. The van der Waals surface area contributed by atoms with E-state index >= 15 is 0 Å². The molecule has 0 bridgehead atoms. The van der Waals surface area contributed by atoms with Crippen LogP contribution >= 0.6 is 0 Å². The molecule has 2 aliphatic rings. The molecule has 0 amide bonds. The molecular formula is C33H41HfSi. The van der Waals surface area contributed by atoms with Crippen LogP contribution in [0, 0.1) is 0 Å². The minimum Gasteiger partial charge on any atom is -0.165 e. The molecule has 2 saturated carbocycles. The van der Waals surface area contributed by atoms with E-state index in [0.29, 0.717) is 0 Å². The summed E-state index contributed by atoms with van der Waals surface area (Å²) < 4.78 is 0. The Kier molecular flexibility index (Phi) is 10.2. The second-order valence-electron chi connectivity index (χ2n) is 10.3. The number of unbranched alkanes of at least 4 members (excludes halogenated alkanes) is 2. The summed E-state index contributed by atoms with van der Waals surface area (Å²) in [6, 6.07) is 24.4. The van der Waals surface area contributed by atoms with Crippen LogP contribution in [-0.2, 0) is 35.8 Å². The number of aryl methyl sites for hydroxylation is 2. The van der Waals surface area contributed by atoms with Gasteiger partial charge in [0.15, 0.2) is 0 Å². The number of hydrogen-bond donors (Lipinski definition) is 0. The first-order chi connectivity index (χ1) is 17.2. The van der Waals surface area contributed by atoms with Gasteiger partial charge in [-0.2, -0.15) is 12.1 Å². The van der Waals surface area contributed by atoms with E-state index in [1.807, 2.05) is 0 Å². The van der Waals surface area contributed by atoms with Crippen molar-refractivity contribution in [1.82, 2.24) is 0 Å². The fourth-order valence-electron chi connectivity index (χ4n) is 5.01. The molecule has 4 aromatic carbocycles. The molecule has 181 valence electrons. The van der Waals surface area contributed by atoms with E-state index in [1.54, 1.807) is 11.1 Å². The molecule has 0 atom stereocenters. The Balaban J connectivity index is 0.000000132. The molecule has 0 aliphatic heterocycles. The molecule has 0 saturated heterocycles. The van der Waals surface area contributed by atoms with Crippen molar-refractivity contribution in [2.24, 2.45) is 0 Å². The van der Waals surface area contributed by atoms with Crippen LogP contribution in [-0.4, -0.2) is 6.22 Å². The maximum absolute atomic E-state index is 2.38. The van der Waals surface area contributed by atoms with Crippen molar-refractivity contribution in [2.45, 2.75) is 96.4 Å². The van der Waals surface area contributed by atoms with Crippen molar-refractivity contribution in [3.8, 4) is 0 Å². The maximum atomic E-state index is 2.38. The number of benzene rings is 2. The second-order valence-corrected chi connectivity index (χ2v) is 15.0. The zero-order valence-corrected chi connectivity index (χ0v) is 26.6. The molecule has 2 aliphatic carbocycles. The van der Waals surface area contributed by atoms with Gasteiger partial charge in [-0.25, -0.2) is 0 Å². The molecule has 0 aromatic heterocycles. The molecule has 0 unspecified atom stereocenters. The van der Waals surface area contributed by atoms with Gasteiger partial charge in [0, 0.05) is 0 Å². The zero-order valence-electron chi connectivity index (χ0n) is 22.0. The van der Waals surface area contributed by atoms with Gasteiger partial charge in [-0.05, 0) is 50.4 Å². The minimum atomic E-state index is 0.866. The molecule has 0 heterocycles. The number of hydrogen-bond acceptors (Lipinski definition) is 0. The topological polar surface area (TPSA) is 0 Å². The van der Waals surface area contributed by atoms with E-state index in [1.165, 1.54) is 113 Å². The van der Waals surface area contributed by atoms with Gasteiger partial charge in [0.2, 0.25) is 0 Å². The monoisotopic (exact) mass is 645 g/mol. The molecule has 2 heteroatoms. The Morgan fingerprint density at radius 2 is 1.23 bits per heavy atom. The van der Waals surface area contributed by atoms with Crippen LogP contribution in [0.15, 0.2) is 60.7 Å². The Morgan fingerprint density at radius 1 is 0.743 bits per heavy atom. The van der Waals surface area contributed by atoms with E-state index in [9.17, 15) is 0 Å². The summed E-state index contributed by atoms with van der Waals surface area (Å²) in [6.07, 6.45) is 13.5. The predicted octanol–water partition coefficient (Wildman–Crippen LogP) is 9.76. The van der Waals surface area contributed by atoms with Crippen LogP contribution in [0.2, 0.25) is 6.04 Å². The summed E-state index contributed by atoms with van der Waals surface area (Å²) in [6.45, 7) is 6.71. The summed E-state index contributed by atoms with van der Waals surface area (Å²) in [5.74, 6) is 1.73. The standard InChI is InChI=1S/2C14H15.C5H11Si.Hf/c2*1-2-10-8-12-4-3-5-13(11-6-7-11)14(12)9-10;1-2-3-4-5-6;/h2*3-5,8-9,11H,2,6-7H2,1H3;2-5H2,1H3;/q2*-1;;+2. The molecule has 35 heavy (non-hydrogen) atoms. The summed E-state index contributed by atoms with van der Waals surface area (Å²) >= 11 is 1.43. The molecule has 6 rings (SSSR count). The van der Waals surface area contributed by atoms with Gasteiger partial charge in [-0.1, -0.05) is 37.1 Å². The third kappa shape index (κ3) is 7.38. The van der Waals surface area contributed by atoms with Gasteiger partial charge < -0.3 is 0 Å². The SMILES string of the molecule is CCCCC[Si]=[Hf+2].CCc1cc2c(C3CC3)cccc2[cH-]1.CCc1cc2c(C3CC3)cccc2[cH-]1. The Bertz CT molecular complexity index is 1130. The van der Waals surface area contributed by atoms with E-state index in [-0.39, 0.29) is 0 Å². The molecule has 0 spiro atoms. The maximum Gasteiger partial charge on any atom is -0.0251 e. The summed E-state index contributed by atoms with van der Waals surface area (Å²) in [7, 11) is 0. The van der Waals surface area contributed by atoms with Gasteiger partial charge in [-0.3, -0.25) is 0 Å².